The fourth-order valence-corrected chi connectivity index (χ4v) is 1.73. The van der Waals surface area contributed by atoms with Gasteiger partial charge in [0.15, 0.2) is 0 Å². The molecule has 2 rings (SSSR count). The molecule has 0 saturated carbocycles. The lowest BCUT2D eigenvalue weighted by atomic mass is 10.1. The Balaban J connectivity index is 2.20. The van der Waals surface area contributed by atoms with Crippen LogP contribution in [0.25, 0.3) is 0 Å². The lowest BCUT2D eigenvalue weighted by Gasteiger charge is -2.12. The smallest absolute Gasteiger partial charge is 0.253 e. The standard InChI is InChI=1S/C13H16N4O3/c1-19-9-5-10(12(14)11(6-9)20-2)13(18)15-7-8-3-4-16-17-8/h3-6H,7,14H2,1-2H3,(H,15,18)(H,16,17). The number of nitrogens with zero attached hydrogens (tertiary/aromatic N) is 1. The Hall–Kier alpha value is -2.70. The Labute approximate surface area is 116 Å². The molecular weight excluding hydrogens is 260 g/mol. The molecule has 0 atom stereocenters. The Kier molecular flexibility index (Phi) is 4.09. The second kappa shape index (κ2) is 5.96. The summed E-state index contributed by atoms with van der Waals surface area (Å²) in [7, 11) is 2.99. The largest absolute Gasteiger partial charge is 0.497 e. The molecule has 0 saturated heterocycles. The number of nitrogens with two attached hydrogens (primary N) is 1. The SMILES string of the molecule is COc1cc(OC)c(N)c(C(=O)NCc2ccn[nH]2)c1. The summed E-state index contributed by atoms with van der Waals surface area (Å²) in [5, 5.41) is 9.31. The predicted molar refractivity (Wildman–Crippen MR) is 73.7 cm³/mol. The van der Waals surface area contributed by atoms with Crippen LogP contribution in [0.3, 0.4) is 0 Å². The monoisotopic (exact) mass is 276 g/mol. The normalized spacial score (nSPS) is 10.1. The number of ether oxygens (including phenoxy) is 2. The van der Waals surface area contributed by atoms with Crippen molar-refractivity contribution >= 4 is 11.6 Å². The third kappa shape index (κ3) is 2.82. The highest BCUT2D eigenvalue weighted by atomic mass is 16.5. The molecule has 0 bridgehead atoms. The van der Waals surface area contributed by atoms with Crippen molar-refractivity contribution in [1.82, 2.24) is 15.5 Å². The molecule has 0 spiro atoms. The van der Waals surface area contributed by atoms with Crippen LogP contribution in [0.4, 0.5) is 5.69 Å². The highest BCUT2D eigenvalue weighted by Crippen LogP contribution is 2.30. The van der Waals surface area contributed by atoms with Gasteiger partial charge in [-0.2, -0.15) is 5.10 Å². The third-order valence-electron chi connectivity index (χ3n) is 2.81. The summed E-state index contributed by atoms with van der Waals surface area (Å²) in [5.41, 5.74) is 7.28. The molecule has 20 heavy (non-hydrogen) atoms. The van der Waals surface area contributed by atoms with Gasteiger partial charge >= 0.3 is 0 Å². The zero-order valence-corrected chi connectivity index (χ0v) is 11.3. The molecule has 1 aromatic heterocycles. The number of rotatable bonds is 5. The van der Waals surface area contributed by atoms with Crippen molar-refractivity contribution in [3.05, 3.63) is 35.7 Å². The molecule has 7 nitrogen and oxygen atoms in total. The topological polar surface area (TPSA) is 102 Å². The molecule has 0 aliphatic carbocycles. The summed E-state index contributed by atoms with van der Waals surface area (Å²) in [5.74, 6) is 0.591. The minimum atomic E-state index is -0.311. The maximum Gasteiger partial charge on any atom is 0.253 e. The van der Waals surface area contributed by atoms with Crippen molar-refractivity contribution < 1.29 is 14.3 Å². The number of carbonyl (C=O) groups excluding carboxylic acids is 1. The molecule has 0 fully saturated rings. The average molecular weight is 276 g/mol. The fraction of sp³-hybridized carbons (Fsp3) is 0.231. The van der Waals surface area contributed by atoms with E-state index in [1.54, 1.807) is 24.4 Å². The minimum absolute atomic E-state index is 0.274. The van der Waals surface area contributed by atoms with E-state index in [0.29, 0.717) is 23.6 Å². The molecule has 0 aliphatic heterocycles. The van der Waals surface area contributed by atoms with E-state index in [9.17, 15) is 4.79 Å². The highest BCUT2D eigenvalue weighted by molar-refractivity contribution is 6.00. The summed E-state index contributed by atoms with van der Waals surface area (Å²) in [4.78, 5) is 12.2. The first-order valence-electron chi connectivity index (χ1n) is 5.93. The van der Waals surface area contributed by atoms with Crippen LogP contribution in [0.1, 0.15) is 16.1 Å². The summed E-state index contributed by atoms with van der Waals surface area (Å²) in [6.45, 7) is 0.331. The van der Waals surface area contributed by atoms with Gasteiger partial charge in [0.05, 0.1) is 37.7 Å². The Morgan fingerprint density at radius 2 is 2.20 bits per heavy atom. The summed E-state index contributed by atoms with van der Waals surface area (Å²) in [6, 6.07) is 4.97. The van der Waals surface area contributed by atoms with Gasteiger partial charge in [0.2, 0.25) is 0 Å². The summed E-state index contributed by atoms with van der Waals surface area (Å²) in [6.07, 6.45) is 1.62. The molecule has 1 heterocycles. The molecule has 7 heteroatoms. The number of carbonyl (C=O) groups is 1. The number of nitrogens with one attached hydrogen (secondary N) is 2. The van der Waals surface area contributed by atoms with Crippen LogP contribution in [0.2, 0.25) is 0 Å². The minimum Gasteiger partial charge on any atom is -0.497 e. The van der Waals surface area contributed by atoms with Gasteiger partial charge in [-0.25, -0.2) is 0 Å². The van der Waals surface area contributed by atoms with E-state index in [1.165, 1.54) is 14.2 Å². The lowest BCUT2D eigenvalue weighted by molar-refractivity contribution is 0.0950. The molecule has 1 aromatic carbocycles. The average Bonchev–Trinajstić information content (AvgIpc) is 2.98. The van der Waals surface area contributed by atoms with Crippen LogP contribution in [0.5, 0.6) is 11.5 Å². The quantitative estimate of drug-likeness (QED) is 0.705. The molecule has 0 aliphatic rings. The molecule has 0 radical (unpaired) electrons. The number of H-pyrrole nitrogens is 1. The maximum absolute atomic E-state index is 12.2. The van der Waals surface area contributed by atoms with Gasteiger partial charge in [-0.15, -0.1) is 0 Å². The summed E-state index contributed by atoms with van der Waals surface area (Å²) < 4.78 is 10.2. The van der Waals surface area contributed by atoms with Crippen LogP contribution in [0, 0.1) is 0 Å². The number of anilines is 1. The lowest BCUT2D eigenvalue weighted by Crippen LogP contribution is -2.24. The number of amides is 1. The van der Waals surface area contributed by atoms with Gasteiger partial charge in [0.1, 0.15) is 11.5 Å². The van der Waals surface area contributed by atoms with E-state index < -0.39 is 0 Å². The van der Waals surface area contributed by atoms with Crippen LogP contribution in [0.15, 0.2) is 24.4 Å². The maximum atomic E-state index is 12.2. The number of aromatic amines is 1. The number of hydrogen-bond donors (Lipinski definition) is 3. The van der Waals surface area contributed by atoms with Crippen molar-refractivity contribution in [2.45, 2.75) is 6.54 Å². The first kappa shape index (κ1) is 13.7. The molecule has 106 valence electrons. The fourth-order valence-electron chi connectivity index (χ4n) is 1.73. The van der Waals surface area contributed by atoms with E-state index in [-0.39, 0.29) is 11.6 Å². The second-order valence-corrected chi connectivity index (χ2v) is 4.06. The predicted octanol–water partition coefficient (Wildman–Crippen LogP) is 0.939. The van der Waals surface area contributed by atoms with Gasteiger partial charge in [-0.3, -0.25) is 9.89 Å². The van der Waals surface area contributed by atoms with Crippen LogP contribution in [-0.2, 0) is 6.54 Å². The zero-order chi connectivity index (χ0) is 14.5. The van der Waals surface area contributed by atoms with Gasteiger partial charge in [0.25, 0.3) is 5.91 Å². The first-order valence-corrected chi connectivity index (χ1v) is 5.93. The molecule has 1 amide bonds. The van der Waals surface area contributed by atoms with Crippen molar-refractivity contribution in [2.75, 3.05) is 20.0 Å². The highest BCUT2D eigenvalue weighted by Gasteiger charge is 2.15. The third-order valence-corrected chi connectivity index (χ3v) is 2.81. The van der Waals surface area contributed by atoms with Gasteiger partial charge in [-0.1, -0.05) is 0 Å². The van der Waals surface area contributed by atoms with Gasteiger partial charge in [-0.05, 0) is 12.1 Å². The number of benzene rings is 1. The van der Waals surface area contributed by atoms with Crippen molar-refractivity contribution in [2.24, 2.45) is 0 Å². The van der Waals surface area contributed by atoms with Gasteiger partial charge < -0.3 is 20.5 Å². The van der Waals surface area contributed by atoms with E-state index in [0.717, 1.165) is 5.69 Å². The van der Waals surface area contributed by atoms with Crippen LogP contribution < -0.4 is 20.5 Å². The van der Waals surface area contributed by atoms with Crippen molar-refractivity contribution in [1.29, 1.82) is 0 Å². The van der Waals surface area contributed by atoms with Crippen molar-refractivity contribution in [3.63, 3.8) is 0 Å². The Morgan fingerprint density at radius 3 is 2.80 bits per heavy atom. The van der Waals surface area contributed by atoms with Crippen LogP contribution >= 0.6 is 0 Å². The number of aromatic nitrogens is 2. The second-order valence-electron chi connectivity index (χ2n) is 4.06. The number of nitrogen functional groups attached to an aromatic ring is 1. The zero-order valence-electron chi connectivity index (χ0n) is 11.3. The van der Waals surface area contributed by atoms with E-state index in [4.69, 9.17) is 15.2 Å². The molecule has 0 unspecified atom stereocenters. The van der Waals surface area contributed by atoms with Crippen molar-refractivity contribution in [3.8, 4) is 11.5 Å². The molecule has 4 N–H and O–H groups in total. The van der Waals surface area contributed by atoms with E-state index in [2.05, 4.69) is 15.5 Å². The van der Waals surface area contributed by atoms with Crippen LogP contribution in [-0.4, -0.2) is 30.3 Å². The molecule has 2 aromatic rings. The van der Waals surface area contributed by atoms with Gasteiger partial charge in [0, 0.05) is 12.3 Å². The first-order chi connectivity index (χ1) is 9.65. The number of hydrogen-bond acceptors (Lipinski definition) is 5. The van der Waals surface area contributed by atoms with E-state index >= 15 is 0 Å². The number of methoxy groups -OCH3 is 2. The molecular formula is C13H16N4O3. The van der Waals surface area contributed by atoms with E-state index in [1.807, 2.05) is 0 Å². The summed E-state index contributed by atoms with van der Waals surface area (Å²) >= 11 is 0. The Morgan fingerprint density at radius 1 is 1.40 bits per heavy atom. The Bertz CT molecular complexity index is 596.